The van der Waals surface area contributed by atoms with Crippen molar-refractivity contribution < 1.29 is 19.1 Å². The summed E-state index contributed by atoms with van der Waals surface area (Å²) in [6.07, 6.45) is 6.39. The molecular formula is C28H46N4O4. The molecule has 1 aromatic rings. The Kier molecular flexibility index (Phi) is 9.25. The molecular weight excluding hydrogens is 456 g/mol. The molecule has 2 atom stereocenters. The number of ether oxygens (including phenoxy) is 2. The molecule has 0 aromatic carbocycles. The fraction of sp³-hybridized carbons (Fsp3) is 0.750. The molecule has 3 rings (SSSR count). The van der Waals surface area contributed by atoms with E-state index in [4.69, 9.17) is 14.5 Å². The topological polar surface area (TPSA) is 84.0 Å². The summed E-state index contributed by atoms with van der Waals surface area (Å²) in [6.45, 7) is 15.8. The summed E-state index contributed by atoms with van der Waals surface area (Å²) in [6, 6.07) is 4.65. The number of carbonyl (C=O) groups excluding carboxylic acids is 2. The first-order valence-electron chi connectivity index (χ1n) is 13.6. The van der Waals surface area contributed by atoms with Crippen molar-refractivity contribution >= 4 is 18.0 Å². The molecule has 0 radical (unpaired) electrons. The Labute approximate surface area is 217 Å². The summed E-state index contributed by atoms with van der Waals surface area (Å²) < 4.78 is 11.1. The lowest BCUT2D eigenvalue weighted by molar-refractivity contribution is 0.0229. The second kappa shape index (κ2) is 11.8. The van der Waals surface area contributed by atoms with E-state index in [2.05, 4.69) is 24.4 Å². The minimum absolute atomic E-state index is 0.132. The van der Waals surface area contributed by atoms with Gasteiger partial charge in [-0.15, -0.1) is 0 Å². The highest BCUT2D eigenvalue weighted by atomic mass is 16.6. The van der Waals surface area contributed by atoms with Gasteiger partial charge in [0, 0.05) is 30.9 Å². The zero-order chi connectivity index (χ0) is 26.5. The van der Waals surface area contributed by atoms with Gasteiger partial charge in [0.05, 0.1) is 0 Å². The Morgan fingerprint density at radius 2 is 1.69 bits per heavy atom. The van der Waals surface area contributed by atoms with Crippen LogP contribution in [-0.4, -0.2) is 65.0 Å². The average Bonchev–Trinajstić information content (AvgIpc) is 3.13. The molecule has 0 unspecified atom stereocenters. The SMILES string of the molecule is C[C@@H]1[C@H](NCCCCCc2ccc3c(n2)N(C(=O)OC(C)(C)C)CCC3)CCN1C(=O)OC(C)(C)C. The third-order valence-corrected chi connectivity index (χ3v) is 6.61. The second-order valence-corrected chi connectivity index (χ2v) is 12.1. The Morgan fingerprint density at radius 1 is 1.00 bits per heavy atom. The molecule has 2 aliphatic heterocycles. The number of pyridine rings is 1. The van der Waals surface area contributed by atoms with Crippen molar-refractivity contribution in [2.75, 3.05) is 24.5 Å². The average molecular weight is 503 g/mol. The number of nitrogens with one attached hydrogen (secondary N) is 1. The minimum Gasteiger partial charge on any atom is -0.444 e. The molecule has 1 fully saturated rings. The smallest absolute Gasteiger partial charge is 0.416 e. The fourth-order valence-corrected chi connectivity index (χ4v) is 4.80. The van der Waals surface area contributed by atoms with Crippen molar-refractivity contribution in [1.29, 1.82) is 0 Å². The van der Waals surface area contributed by atoms with Gasteiger partial charge in [0.2, 0.25) is 0 Å². The largest absolute Gasteiger partial charge is 0.444 e. The molecule has 202 valence electrons. The second-order valence-electron chi connectivity index (χ2n) is 12.1. The predicted octanol–water partition coefficient (Wildman–Crippen LogP) is 5.47. The number of unbranched alkanes of at least 4 members (excludes halogenated alkanes) is 2. The van der Waals surface area contributed by atoms with Crippen LogP contribution in [0.25, 0.3) is 0 Å². The van der Waals surface area contributed by atoms with Gasteiger partial charge in [0.15, 0.2) is 0 Å². The van der Waals surface area contributed by atoms with Crippen LogP contribution in [0, 0.1) is 0 Å². The molecule has 36 heavy (non-hydrogen) atoms. The molecule has 0 bridgehead atoms. The van der Waals surface area contributed by atoms with Crippen LogP contribution in [0.1, 0.15) is 91.8 Å². The van der Waals surface area contributed by atoms with Gasteiger partial charge in [-0.1, -0.05) is 12.5 Å². The Morgan fingerprint density at radius 3 is 2.39 bits per heavy atom. The Hall–Kier alpha value is -2.35. The van der Waals surface area contributed by atoms with Crippen LogP contribution in [-0.2, 0) is 22.3 Å². The van der Waals surface area contributed by atoms with Crippen molar-refractivity contribution in [2.45, 2.75) is 117 Å². The van der Waals surface area contributed by atoms with Crippen molar-refractivity contribution in [3.05, 3.63) is 23.4 Å². The number of anilines is 1. The lowest BCUT2D eigenvalue weighted by Gasteiger charge is -2.31. The third kappa shape index (κ3) is 8.08. The summed E-state index contributed by atoms with van der Waals surface area (Å²) in [5.74, 6) is 0.763. The molecule has 1 N–H and O–H groups in total. The first-order valence-corrected chi connectivity index (χ1v) is 13.6. The van der Waals surface area contributed by atoms with E-state index in [9.17, 15) is 9.59 Å². The molecule has 0 saturated carbocycles. The molecule has 8 nitrogen and oxygen atoms in total. The van der Waals surface area contributed by atoms with Crippen molar-refractivity contribution in [3.8, 4) is 0 Å². The lowest BCUT2D eigenvalue weighted by Crippen LogP contribution is -2.45. The normalized spacial score (nSPS) is 20.3. The maximum atomic E-state index is 12.7. The van der Waals surface area contributed by atoms with Crippen molar-refractivity contribution in [2.24, 2.45) is 0 Å². The summed E-state index contributed by atoms with van der Waals surface area (Å²) in [5, 5.41) is 3.63. The molecule has 2 amide bonds. The van der Waals surface area contributed by atoms with Crippen LogP contribution in [0.5, 0.6) is 0 Å². The Bertz CT molecular complexity index is 906. The maximum Gasteiger partial charge on any atom is 0.416 e. The zero-order valence-electron chi connectivity index (χ0n) is 23.4. The maximum absolute atomic E-state index is 12.7. The summed E-state index contributed by atoms with van der Waals surface area (Å²) in [5.41, 5.74) is 1.15. The number of carbonyl (C=O) groups is 2. The fourth-order valence-electron chi connectivity index (χ4n) is 4.80. The first-order chi connectivity index (χ1) is 16.8. The summed E-state index contributed by atoms with van der Waals surface area (Å²) >= 11 is 0. The number of aryl methyl sites for hydroxylation is 2. The number of rotatable bonds is 7. The number of amides is 2. The van der Waals surface area contributed by atoms with E-state index < -0.39 is 11.2 Å². The highest BCUT2D eigenvalue weighted by Crippen LogP contribution is 2.27. The summed E-state index contributed by atoms with van der Waals surface area (Å²) in [4.78, 5) is 33.5. The first kappa shape index (κ1) is 28.2. The minimum atomic E-state index is -0.523. The van der Waals surface area contributed by atoms with Gasteiger partial charge in [-0.3, -0.25) is 4.90 Å². The summed E-state index contributed by atoms with van der Waals surface area (Å²) in [7, 11) is 0. The standard InChI is InChI=1S/C28H46N4O4/c1-20-23(16-19-31(20)25(33)35-27(2,3)4)29-17-10-8-9-13-22-15-14-21-12-11-18-32(24(21)30-22)26(34)36-28(5,6)7/h14-15,20,23,29H,8-13,16-19H2,1-7H3/t20-,23-/m1/s1. The van der Waals surface area contributed by atoms with Gasteiger partial charge in [0.1, 0.15) is 17.0 Å². The van der Waals surface area contributed by atoms with Gasteiger partial charge in [-0.2, -0.15) is 0 Å². The lowest BCUT2D eigenvalue weighted by atomic mass is 10.0. The number of hydrogen-bond acceptors (Lipinski definition) is 6. The zero-order valence-corrected chi connectivity index (χ0v) is 23.4. The highest BCUT2D eigenvalue weighted by Gasteiger charge is 2.35. The molecule has 1 saturated heterocycles. The van der Waals surface area contributed by atoms with E-state index in [-0.39, 0.29) is 18.2 Å². The monoisotopic (exact) mass is 502 g/mol. The van der Waals surface area contributed by atoms with E-state index >= 15 is 0 Å². The van der Waals surface area contributed by atoms with Crippen LogP contribution in [0.15, 0.2) is 12.1 Å². The third-order valence-electron chi connectivity index (χ3n) is 6.61. The van der Waals surface area contributed by atoms with Gasteiger partial charge < -0.3 is 19.7 Å². The van der Waals surface area contributed by atoms with Crippen LogP contribution in [0.3, 0.4) is 0 Å². The number of likely N-dealkylation sites (tertiary alicyclic amines) is 1. The number of hydrogen-bond donors (Lipinski definition) is 1. The van der Waals surface area contributed by atoms with E-state index in [1.807, 2.05) is 46.4 Å². The van der Waals surface area contributed by atoms with Crippen molar-refractivity contribution in [1.82, 2.24) is 15.2 Å². The van der Waals surface area contributed by atoms with Gasteiger partial charge in [-0.05, 0) is 105 Å². The van der Waals surface area contributed by atoms with E-state index in [0.29, 0.717) is 12.6 Å². The molecule has 2 aliphatic rings. The molecule has 0 aliphatic carbocycles. The van der Waals surface area contributed by atoms with Crippen molar-refractivity contribution in [3.63, 3.8) is 0 Å². The quantitative estimate of drug-likeness (QED) is 0.498. The van der Waals surface area contributed by atoms with E-state index in [0.717, 1.165) is 75.1 Å². The van der Waals surface area contributed by atoms with Gasteiger partial charge in [0.25, 0.3) is 0 Å². The van der Waals surface area contributed by atoms with Crippen LogP contribution < -0.4 is 10.2 Å². The van der Waals surface area contributed by atoms with Crippen LogP contribution >= 0.6 is 0 Å². The van der Waals surface area contributed by atoms with Crippen LogP contribution in [0.4, 0.5) is 15.4 Å². The molecule has 8 heteroatoms. The molecule has 0 spiro atoms. The number of fused-ring (bicyclic) bond motifs is 1. The van der Waals surface area contributed by atoms with E-state index in [1.165, 1.54) is 0 Å². The number of nitrogens with zero attached hydrogens (tertiary/aromatic N) is 3. The highest BCUT2D eigenvalue weighted by molar-refractivity contribution is 5.88. The predicted molar refractivity (Wildman–Crippen MR) is 143 cm³/mol. The number of aromatic nitrogens is 1. The Balaban J connectivity index is 1.41. The molecule has 3 heterocycles. The van der Waals surface area contributed by atoms with Gasteiger partial charge >= 0.3 is 12.2 Å². The molecule has 1 aromatic heterocycles. The van der Waals surface area contributed by atoms with Gasteiger partial charge in [-0.25, -0.2) is 14.6 Å². The van der Waals surface area contributed by atoms with Crippen LogP contribution in [0.2, 0.25) is 0 Å². The van der Waals surface area contributed by atoms with E-state index in [1.54, 1.807) is 4.90 Å².